The Labute approximate surface area is 205 Å². The second-order valence-corrected chi connectivity index (χ2v) is 10.3. The molecule has 1 unspecified atom stereocenters. The summed E-state index contributed by atoms with van der Waals surface area (Å²) in [5, 5.41) is 2.82. The number of hydrogen-bond donors (Lipinski definition) is 2. The lowest BCUT2D eigenvalue weighted by Gasteiger charge is -2.12. The highest BCUT2D eigenvalue weighted by Gasteiger charge is 2.20. The number of rotatable bonds is 9. The van der Waals surface area contributed by atoms with Gasteiger partial charge in [0.25, 0.3) is 5.91 Å². The van der Waals surface area contributed by atoms with Gasteiger partial charge in [0.2, 0.25) is 15.9 Å². The molecule has 8 nitrogen and oxygen atoms in total. The van der Waals surface area contributed by atoms with Gasteiger partial charge in [-0.1, -0.05) is 18.2 Å². The number of nitrogens with one attached hydrogen (secondary N) is 2. The fraction of sp³-hybridized carbons (Fsp3) is 0.308. The van der Waals surface area contributed by atoms with Gasteiger partial charge >= 0.3 is 0 Å². The van der Waals surface area contributed by atoms with Crippen molar-refractivity contribution in [3.8, 4) is 11.6 Å². The summed E-state index contributed by atoms with van der Waals surface area (Å²) in [6, 6.07) is 15.4. The summed E-state index contributed by atoms with van der Waals surface area (Å²) >= 11 is 0. The first kappa shape index (κ1) is 24.8. The molecule has 1 aliphatic heterocycles. The third kappa shape index (κ3) is 6.66. The van der Waals surface area contributed by atoms with Crippen LogP contribution in [0.4, 0.5) is 0 Å². The molecule has 0 aliphatic carbocycles. The third-order valence-corrected chi connectivity index (χ3v) is 7.20. The van der Waals surface area contributed by atoms with Crippen LogP contribution >= 0.6 is 0 Å². The van der Waals surface area contributed by atoms with Crippen LogP contribution in [-0.4, -0.2) is 38.6 Å². The zero-order chi connectivity index (χ0) is 24.8. The van der Waals surface area contributed by atoms with Gasteiger partial charge in [0, 0.05) is 37.5 Å². The number of nitrogens with zero attached hydrogens (tertiary/aromatic N) is 1. The molecule has 35 heavy (non-hydrogen) atoms. The van der Waals surface area contributed by atoms with Crippen LogP contribution in [0.15, 0.2) is 65.7 Å². The van der Waals surface area contributed by atoms with Crippen LogP contribution in [0.25, 0.3) is 0 Å². The van der Waals surface area contributed by atoms with Crippen molar-refractivity contribution >= 4 is 15.9 Å². The molecule has 9 heteroatoms. The van der Waals surface area contributed by atoms with Gasteiger partial charge < -0.3 is 14.8 Å². The molecule has 2 heterocycles. The second kappa shape index (κ2) is 11.0. The van der Waals surface area contributed by atoms with Gasteiger partial charge in [-0.25, -0.2) is 18.1 Å². The maximum absolute atomic E-state index is 12.5. The van der Waals surface area contributed by atoms with E-state index in [0.717, 1.165) is 35.3 Å². The van der Waals surface area contributed by atoms with Gasteiger partial charge in [-0.2, -0.15) is 0 Å². The van der Waals surface area contributed by atoms with E-state index in [0.29, 0.717) is 18.1 Å². The van der Waals surface area contributed by atoms with E-state index in [4.69, 9.17) is 9.47 Å². The summed E-state index contributed by atoms with van der Waals surface area (Å²) in [5.41, 5.74) is 3.30. The number of aryl methyl sites for hydroxylation is 2. The highest BCUT2D eigenvalue weighted by molar-refractivity contribution is 7.89. The molecular formula is C26H29N3O5S. The zero-order valence-electron chi connectivity index (χ0n) is 19.8. The van der Waals surface area contributed by atoms with Crippen molar-refractivity contribution in [3.63, 3.8) is 0 Å². The fourth-order valence-corrected chi connectivity index (χ4v) is 4.73. The van der Waals surface area contributed by atoms with Crippen molar-refractivity contribution in [1.82, 2.24) is 15.0 Å². The molecule has 0 bridgehead atoms. The molecule has 1 aromatic heterocycles. The highest BCUT2D eigenvalue weighted by atomic mass is 32.2. The first-order valence-corrected chi connectivity index (χ1v) is 13.0. The number of ether oxygens (including phenoxy) is 2. The molecule has 1 saturated heterocycles. The predicted octanol–water partition coefficient (Wildman–Crippen LogP) is 3.88. The lowest BCUT2D eigenvalue weighted by molar-refractivity contribution is 0.0950. The minimum atomic E-state index is -3.66. The SMILES string of the molecule is Cc1ccc(C)c(Oc2ccc(CNC(=O)c3ccc(S(=O)(=O)NCC4CCCO4)cc3)cn2)c1. The quantitative estimate of drug-likeness (QED) is 0.467. The van der Waals surface area contributed by atoms with Crippen LogP contribution in [0.3, 0.4) is 0 Å². The summed E-state index contributed by atoms with van der Waals surface area (Å²) in [7, 11) is -3.66. The zero-order valence-corrected chi connectivity index (χ0v) is 20.6. The van der Waals surface area contributed by atoms with Crippen molar-refractivity contribution in [2.45, 2.75) is 44.2 Å². The average Bonchev–Trinajstić information content (AvgIpc) is 3.38. The van der Waals surface area contributed by atoms with Gasteiger partial charge in [0.15, 0.2) is 0 Å². The average molecular weight is 496 g/mol. The number of carbonyl (C=O) groups excluding carboxylic acids is 1. The Kier molecular flexibility index (Phi) is 7.80. The van der Waals surface area contributed by atoms with E-state index < -0.39 is 10.0 Å². The molecule has 1 aliphatic rings. The standard InChI is InChI=1S/C26H29N3O5S/c1-18-5-6-19(2)24(14-18)34-25-12-7-20(15-27-25)16-28-26(30)21-8-10-23(11-9-21)35(31,32)29-17-22-4-3-13-33-22/h5-12,14-15,22,29H,3-4,13,16-17H2,1-2H3,(H,28,30). The topological polar surface area (TPSA) is 107 Å². The largest absolute Gasteiger partial charge is 0.439 e. The molecule has 0 spiro atoms. The van der Waals surface area contributed by atoms with E-state index in [9.17, 15) is 13.2 Å². The van der Waals surface area contributed by atoms with Crippen LogP contribution in [0.5, 0.6) is 11.6 Å². The van der Waals surface area contributed by atoms with Gasteiger partial charge in [-0.05, 0) is 73.7 Å². The lowest BCUT2D eigenvalue weighted by Crippen LogP contribution is -2.31. The first-order valence-electron chi connectivity index (χ1n) is 11.5. The van der Waals surface area contributed by atoms with Crippen LogP contribution in [0, 0.1) is 13.8 Å². The molecule has 1 amide bonds. The van der Waals surface area contributed by atoms with Crippen molar-refractivity contribution in [2.24, 2.45) is 0 Å². The minimum absolute atomic E-state index is 0.0865. The van der Waals surface area contributed by atoms with E-state index in [1.54, 1.807) is 12.3 Å². The van der Waals surface area contributed by atoms with E-state index >= 15 is 0 Å². The number of hydrogen-bond acceptors (Lipinski definition) is 6. The van der Waals surface area contributed by atoms with E-state index in [-0.39, 0.29) is 30.0 Å². The fourth-order valence-electron chi connectivity index (χ4n) is 3.67. The number of amides is 1. The molecule has 0 radical (unpaired) electrons. The van der Waals surface area contributed by atoms with Crippen LogP contribution < -0.4 is 14.8 Å². The van der Waals surface area contributed by atoms with Crippen molar-refractivity contribution in [2.75, 3.05) is 13.2 Å². The van der Waals surface area contributed by atoms with Crippen LogP contribution in [0.2, 0.25) is 0 Å². The van der Waals surface area contributed by atoms with Gasteiger partial charge in [0.05, 0.1) is 11.0 Å². The lowest BCUT2D eigenvalue weighted by atomic mass is 10.1. The van der Waals surface area contributed by atoms with E-state index in [2.05, 4.69) is 15.0 Å². The molecule has 2 N–H and O–H groups in total. The van der Waals surface area contributed by atoms with Crippen molar-refractivity contribution in [3.05, 3.63) is 83.0 Å². The first-order chi connectivity index (χ1) is 16.8. The number of aromatic nitrogens is 1. The monoisotopic (exact) mass is 495 g/mol. The molecule has 4 rings (SSSR count). The molecule has 184 valence electrons. The van der Waals surface area contributed by atoms with Crippen molar-refractivity contribution < 1.29 is 22.7 Å². The number of pyridine rings is 1. The van der Waals surface area contributed by atoms with E-state index in [1.165, 1.54) is 24.3 Å². The maximum atomic E-state index is 12.5. The van der Waals surface area contributed by atoms with Gasteiger partial charge in [0.1, 0.15) is 5.75 Å². The summed E-state index contributed by atoms with van der Waals surface area (Å²) < 4.78 is 38.8. The van der Waals surface area contributed by atoms with Gasteiger partial charge in [-0.3, -0.25) is 4.79 Å². The number of benzene rings is 2. The van der Waals surface area contributed by atoms with Gasteiger partial charge in [-0.15, -0.1) is 0 Å². The van der Waals surface area contributed by atoms with Crippen LogP contribution in [-0.2, 0) is 21.3 Å². The Bertz CT molecular complexity index is 1270. The normalized spacial score (nSPS) is 15.7. The van der Waals surface area contributed by atoms with Crippen molar-refractivity contribution in [1.29, 1.82) is 0 Å². The molecular weight excluding hydrogens is 466 g/mol. The Morgan fingerprint density at radius 1 is 1.11 bits per heavy atom. The molecule has 3 aromatic rings. The molecule has 0 saturated carbocycles. The molecule has 1 fully saturated rings. The number of sulfonamides is 1. The Morgan fingerprint density at radius 2 is 1.91 bits per heavy atom. The smallest absolute Gasteiger partial charge is 0.251 e. The molecule has 2 aromatic carbocycles. The minimum Gasteiger partial charge on any atom is -0.439 e. The Morgan fingerprint density at radius 3 is 2.60 bits per heavy atom. The van der Waals surface area contributed by atoms with Crippen LogP contribution in [0.1, 0.15) is 39.9 Å². The number of carbonyl (C=O) groups is 1. The summed E-state index contributed by atoms with van der Waals surface area (Å²) in [4.78, 5) is 16.9. The molecule has 1 atom stereocenters. The Balaban J connectivity index is 1.29. The van der Waals surface area contributed by atoms with E-state index in [1.807, 2.05) is 38.1 Å². The summed E-state index contributed by atoms with van der Waals surface area (Å²) in [5.74, 6) is 0.918. The predicted molar refractivity (Wildman–Crippen MR) is 132 cm³/mol. The summed E-state index contributed by atoms with van der Waals surface area (Å²) in [6.07, 6.45) is 3.35. The Hall–Kier alpha value is -3.27. The maximum Gasteiger partial charge on any atom is 0.251 e. The highest BCUT2D eigenvalue weighted by Crippen LogP contribution is 2.24. The second-order valence-electron chi connectivity index (χ2n) is 8.57. The third-order valence-electron chi connectivity index (χ3n) is 5.76. The summed E-state index contributed by atoms with van der Waals surface area (Å²) in [6.45, 7) is 5.16.